The van der Waals surface area contributed by atoms with Crippen LogP contribution in [0.1, 0.15) is 54.4 Å². The van der Waals surface area contributed by atoms with Gasteiger partial charge in [0.1, 0.15) is 11.8 Å². The number of hydrogen-bond donors (Lipinski definition) is 3. The van der Waals surface area contributed by atoms with Crippen LogP contribution in [0.15, 0.2) is 24.3 Å². The van der Waals surface area contributed by atoms with Crippen LogP contribution in [0.25, 0.3) is 0 Å². The second kappa shape index (κ2) is 9.89. The zero-order valence-corrected chi connectivity index (χ0v) is 22.9. The lowest BCUT2D eigenvalue weighted by molar-refractivity contribution is -0.142. The van der Waals surface area contributed by atoms with Crippen molar-refractivity contribution in [2.75, 3.05) is 18.5 Å². The normalized spacial score (nSPS) is 31.8. The molecule has 1 aromatic rings. The predicted molar refractivity (Wildman–Crippen MR) is 141 cm³/mol. The maximum Gasteiger partial charge on any atom is 0.244 e. The summed E-state index contributed by atoms with van der Waals surface area (Å²) in [4.78, 5) is 43.1. The van der Waals surface area contributed by atoms with E-state index in [2.05, 4.69) is 17.6 Å². The number of nitrogens with zero attached hydrogens (tertiary/aromatic N) is 1. The highest BCUT2D eigenvalue weighted by Crippen LogP contribution is 2.68. The largest absolute Gasteiger partial charge is 0.494 e. The molecule has 198 valence electrons. The third-order valence-electron chi connectivity index (χ3n) is 7.74. The summed E-state index contributed by atoms with van der Waals surface area (Å²) in [6.07, 6.45) is 1.29. The molecule has 9 heteroatoms. The highest BCUT2D eigenvalue weighted by molar-refractivity contribution is 8.02. The monoisotopic (exact) mass is 517 g/mol. The van der Waals surface area contributed by atoms with Crippen molar-refractivity contribution in [3.63, 3.8) is 0 Å². The smallest absolute Gasteiger partial charge is 0.244 e. The number of rotatable bonds is 8. The first-order valence-electron chi connectivity index (χ1n) is 12.9. The van der Waals surface area contributed by atoms with Crippen LogP contribution >= 0.6 is 11.8 Å². The SMILES string of the molecule is CCOc1ccc(NC(=O)[C@@H]2[C@@H]3CC(C)C4(S3)C(C(=O)NC(C)(C)C)N([C@@H](CC)CO)C(=O)[C@H]24)cc1. The number of likely N-dealkylation sites (tertiary alicyclic amines) is 1. The van der Waals surface area contributed by atoms with Crippen molar-refractivity contribution in [1.82, 2.24) is 10.2 Å². The minimum Gasteiger partial charge on any atom is -0.494 e. The van der Waals surface area contributed by atoms with E-state index in [4.69, 9.17) is 4.74 Å². The molecule has 3 aliphatic rings. The first-order chi connectivity index (χ1) is 17.0. The lowest BCUT2D eigenvalue weighted by atomic mass is 9.65. The van der Waals surface area contributed by atoms with Crippen molar-refractivity contribution < 1.29 is 24.2 Å². The third kappa shape index (κ3) is 4.38. The molecule has 3 amide bonds. The first kappa shape index (κ1) is 26.8. The molecule has 3 N–H and O–H groups in total. The summed E-state index contributed by atoms with van der Waals surface area (Å²) in [5, 5.41) is 16.2. The molecule has 1 spiro atoms. The minimum atomic E-state index is -0.736. The summed E-state index contributed by atoms with van der Waals surface area (Å²) in [5.74, 6) is -0.962. The highest BCUT2D eigenvalue weighted by atomic mass is 32.2. The summed E-state index contributed by atoms with van der Waals surface area (Å²) >= 11 is 1.64. The Hall–Kier alpha value is -2.26. The standard InChI is InChI=1S/C27H39N3O5S/c1-7-17(14-31)30-22(24(33)29-26(4,5)6)27-15(3)13-19(36-27)20(21(27)25(30)34)23(32)28-16-9-11-18(12-10-16)35-8-2/h9-12,15,17,19-22,31H,7-8,13-14H2,1-6H3,(H,28,32)(H,29,33)/t15?,17-,19-,20+,21-,22?,27?/m0/s1. The van der Waals surface area contributed by atoms with Gasteiger partial charge in [-0.2, -0.15) is 0 Å². The number of aliphatic hydroxyl groups is 1. The lowest BCUT2D eigenvalue weighted by Crippen LogP contribution is -2.60. The van der Waals surface area contributed by atoms with Crippen LogP contribution in [0.3, 0.4) is 0 Å². The van der Waals surface area contributed by atoms with Gasteiger partial charge >= 0.3 is 0 Å². The summed E-state index contributed by atoms with van der Waals surface area (Å²) in [7, 11) is 0. The zero-order chi connectivity index (χ0) is 26.4. The van der Waals surface area contributed by atoms with Gasteiger partial charge in [-0.15, -0.1) is 11.8 Å². The van der Waals surface area contributed by atoms with Crippen LogP contribution in [-0.4, -0.2) is 68.6 Å². The molecular weight excluding hydrogens is 478 g/mol. The van der Waals surface area contributed by atoms with Crippen LogP contribution in [-0.2, 0) is 14.4 Å². The highest BCUT2D eigenvalue weighted by Gasteiger charge is 2.76. The van der Waals surface area contributed by atoms with E-state index in [9.17, 15) is 19.5 Å². The quantitative estimate of drug-likeness (QED) is 0.489. The molecule has 0 aliphatic carbocycles. The second-order valence-corrected chi connectivity index (χ2v) is 12.8. The van der Waals surface area contributed by atoms with E-state index in [0.29, 0.717) is 18.7 Å². The minimum absolute atomic E-state index is 0.0436. The number of benzene rings is 1. The summed E-state index contributed by atoms with van der Waals surface area (Å²) in [6.45, 7) is 12.0. The number of carbonyl (C=O) groups excluding carboxylic acids is 3. The maximum atomic E-state index is 14.1. The molecular formula is C27H39N3O5S. The summed E-state index contributed by atoms with van der Waals surface area (Å²) in [6, 6.07) is 5.99. The molecule has 3 aliphatic heterocycles. The van der Waals surface area contributed by atoms with Crippen molar-refractivity contribution in [3.05, 3.63) is 24.3 Å². The van der Waals surface area contributed by atoms with Gasteiger partial charge in [-0.3, -0.25) is 14.4 Å². The van der Waals surface area contributed by atoms with Crippen molar-refractivity contribution in [2.45, 2.75) is 82.0 Å². The zero-order valence-electron chi connectivity index (χ0n) is 22.0. The Morgan fingerprint density at radius 3 is 2.44 bits per heavy atom. The van der Waals surface area contributed by atoms with Gasteiger partial charge in [0.25, 0.3) is 0 Å². The molecule has 0 aromatic heterocycles. The number of fused-ring (bicyclic) bond motifs is 1. The van der Waals surface area contributed by atoms with E-state index in [1.807, 2.05) is 34.6 Å². The second-order valence-electron chi connectivity index (χ2n) is 11.2. The van der Waals surface area contributed by atoms with Crippen LogP contribution in [0.4, 0.5) is 5.69 Å². The summed E-state index contributed by atoms with van der Waals surface area (Å²) < 4.78 is 4.78. The molecule has 3 saturated heterocycles. The van der Waals surface area contributed by atoms with Crippen LogP contribution < -0.4 is 15.4 Å². The molecule has 1 aromatic carbocycles. The Labute approximate surface area is 217 Å². The molecule has 3 unspecified atom stereocenters. The van der Waals surface area contributed by atoms with E-state index >= 15 is 0 Å². The van der Waals surface area contributed by atoms with Crippen LogP contribution in [0, 0.1) is 17.8 Å². The number of carbonyl (C=O) groups is 3. The van der Waals surface area contributed by atoms with Gasteiger partial charge in [0.2, 0.25) is 17.7 Å². The molecule has 3 heterocycles. The van der Waals surface area contributed by atoms with Crippen molar-refractivity contribution in [3.8, 4) is 5.75 Å². The maximum absolute atomic E-state index is 14.1. The molecule has 0 saturated carbocycles. The number of ether oxygens (including phenoxy) is 1. The fourth-order valence-corrected chi connectivity index (χ4v) is 8.74. The predicted octanol–water partition coefficient (Wildman–Crippen LogP) is 3.05. The Morgan fingerprint density at radius 1 is 1.22 bits per heavy atom. The lowest BCUT2D eigenvalue weighted by Gasteiger charge is -2.41. The molecule has 36 heavy (non-hydrogen) atoms. The molecule has 2 bridgehead atoms. The van der Waals surface area contributed by atoms with E-state index < -0.39 is 34.2 Å². The Balaban J connectivity index is 1.69. The third-order valence-corrected chi connectivity index (χ3v) is 9.82. The Kier molecular flexibility index (Phi) is 7.36. The van der Waals surface area contributed by atoms with E-state index in [0.717, 1.165) is 12.2 Å². The van der Waals surface area contributed by atoms with Crippen molar-refractivity contribution in [2.24, 2.45) is 17.8 Å². The average Bonchev–Trinajstić information content (AvgIpc) is 3.39. The molecule has 3 fully saturated rings. The molecule has 4 rings (SSSR count). The van der Waals surface area contributed by atoms with Gasteiger partial charge in [-0.1, -0.05) is 13.8 Å². The summed E-state index contributed by atoms with van der Waals surface area (Å²) in [5.41, 5.74) is 0.167. The first-order valence-corrected chi connectivity index (χ1v) is 13.8. The number of thioether (sulfide) groups is 1. The number of aliphatic hydroxyl groups excluding tert-OH is 1. The van der Waals surface area contributed by atoms with Gasteiger partial charge in [0.05, 0.1) is 35.8 Å². The number of nitrogens with one attached hydrogen (secondary N) is 2. The van der Waals surface area contributed by atoms with E-state index in [1.54, 1.807) is 40.9 Å². The number of anilines is 1. The Bertz CT molecular complexity index is 1010. The Morgan fingerprint density at radius 2 is 1.89 bits per heavy atom. The van der Waals surface area contributed by atoms with Gasteiger partial charge in [0.15, 0.2) is 0 Å². The van der Waals surface area contributed by atoms with Gasteiger partial charge in [-0.05, 0) is 70.7 Å². The fraction of sp³-hybridized carbons (Fsp3) is 0.667. The number of amides is 3. The van der Waals surface area contributed by atoms with E-state index in [-0.39, 0.29) is 35.5 Å². The van der Waals surface area contributed by atoms with E-state index in [1.165, 1.54) is 0 Å². The van der Waals surface area contributed by atoms with Gasteiger partial charge < -0.3 is 25.4 Å². The fourth-order valence-electron chi connectivity index (χ4n) is 6.33. The molecule has 8 nitrogen and oxygen atoms in total. The molecule has 0 radical (unpaired) electrons. The topological polar surface area (TPSA) is 108 Å². The van der Waals surface area contributed by atoms with Crippen molar-refractivity contribution >= 4 is 35.2 Å². The van der Waals surface area contributed by atoms with Crippen LogP contribution in [0.5, 0.6) is 5.75 Å². The van der Waals surface area contributed by atoms with Crippen molar-refractivity contribution in [1.29, 1.82) is 0 Å². The van der Waals surface area contributed by atoms with Gasteiger partial charge in [0, 0.05) is 16.5 Å². The molecule has 7 atom stereocenters. The van der Waals surface area contributed by atoms with Gasteiger partial charge in [-0.25, -0.2) is 0 Å². The average molecular weight is 518 g/mol. The number of hydrogen-bond acceptors (Lipinski definition) is 6. The van der Waals surface area contributed by atoms with Crippen LogP contribution in [0.2, 0.25) is 0 Å².